The van der Waals surface area contributed by atoms with E-state index < -0.39 is 0 Å². The van der Waals surface area contributed by atoms with Crippen molar-refractivity contribution in [3.63, 3.8) is 0 Å². The van der Waals surface area contributed by atoms with Crippen LogP contribution >= 0.6 is 0 Å². The zero-order valence-electron chi connectivity index (χ0n) is 7.72. The Balaban J connectivity index is 2.27. The van der Waals surface area contributed by atoms with Gasteiger partial charge in [-0.15, -0.1) is 0 Å². The molecule has 74 valence electrons. The van der Waals surface area contributed by atoms with Gasteiger partial charge in [0.25, 0.3) is 0 Å². The molecule has 0 spiro atoms. The second kappa shape index (κ2) is 4.69. The Bertz CT molecular complexity index is 206. The van der Waals surface area contributed by atoms with Gasteiger partial charge in [0.15, 0.2) is 0 Å². The molecule has 1 fully saturated rings. The molecule has 0 bridgehead atoms. The monoisotopic (exact) mass is 185 g/mol. The van der Waals surface area contributed by atoms with Gasteiger partial charge >= 0.3 is 6.03 Å². The van der Waals surface area contributed by atoms with Crippen molar-refractivity contribution in [3.8, 4) is 0 Å². The summed E-state index contributed by atoms with van der Waals surface area (Å²) in [4.78, 5) is 22.0. The summed E-state index contributed by atoms with van der Waals surface area (Å²) in [5.74, 6) is 0.00745. The summed E-state index contributed by atoms with van der Waals surface area (Å²) in [6.07, 6.45) is 1.19. The lowest BCUT2D eigenvalue weighted by atomic mass is 10.1. The Morgan fingerprint density at radius 3 is 3.08 bits per heavy atom. The minimum absolute atomic E-state index is 0.00745. The minimum Gasteiger partial charge on any atom is -0.356 e. The Hall–Kier alpha value is -1.26. The maximum atomic E-state index is 11.1. The number of urea groups is 1. The van der Waals surface area contributed by atoms with Crippen LogP contribution in [0, 0.1) is 0 Å². The van der Waals surface area contributed by atoms with Crippen molar-refractivity contribution in [2.45, 2.75) is 25.8 Å². The third-order valence-corrected chi connectivity index (χ3v) is 1.92. The first-order chi connectivity index (χ1) is 6.22. The van der Waals surface area contributed by atoms with Crippen LogP contribution in [0.15, 0.2) is 0 Å². The first-order valence-corrected chi connectivity index (χ1v) is 4.53. The summed E-state index contributed by atoms with van der Waals surface area (Å²) < 4.78 is 0. The van der Waals surface area contributed by atoms with Gasteiger partial charge in [0.2, 0.25) is 5.91 Å². The molecule has 3 amide bonds. The smallest absolute Gasteiger partial charge is 0.315 e. The highest BCUT2D eigenvalue weighted by atomic mass is 16.2. The van der Waals surface area contributed by atoms with Crippen LogP contribution in [0.2, 0.25) is 0 Å². The summed E-state index contributed by atoms with van der Waals surface area (Å²) in [7, 11) is 0. The van der Waals surface area contributed by atoms with Crippen LogP contribution in [0.3, 0.4) is 0 Å². The van der Waals surface area contributed by atoms with Gasteiger partial charge in [-0.25, -0.2) is 4.79 Å². The quantitative estimate of drug-likeness (QED) is 0.547. The van der Waals surface area contributed by atoms with Crippen LogP contribution in [0.5, 0.6) is 0 Å². The topological polar surface area (TPSA) is 70.2 Å². The van der Waals surface area contributed by atoms with Crippen molar-refractivity contribution in [2.24, 2.45) is 0 Å². The van der Waals surface area contributed by atoms with E-state index in [0.29, 0.717) is 19.5 Å². The van der Waals surface area contributed by atoms with Crippen LogP contribution in [0.4, 0.5) is 4.79 Å². The summed E-state index contributed by atoms with van der Waals surface area (Å²) in [5.41, 5.74) is 0. The molecule has 0 aliphatic carbocycles. The van der Waals surface area contributed by atoms with E-state index in [9.17, 15) is 9.59 Å². The third-order valence-electron chi connectivity index (χ3n) is 1.92. The highest BCUT2D eigenvalue weighted by molar-refractivity contribution is 5.79. The van der Waals surface area contributed by atoms with E-state index in [2.05, 4.69) is 16.0 Å². The number of hydrogen-bond acceptors (Lipinski definition) is 2. The molecule has 13 heavy (non-hydrogen) atoms. The lowest BCUT2D eigenvalue weighted by molar-refractivity contribution is -0.122. The van der Waals surface area contributed by atoms with Gasteiger partial charge in [0.05, 0.1) is 0 Å². The van der Waals surface area contributed by atoms with Gasteiger partial charge in [0, 0.05) is 25.6 Å². The van der Waals surface area contributed by atoms with E-state index in [-0.39, 0.29) is 18.0 Å². The zero-order valence-corrected chi connectivity index (χ0v) is 7.72. The van der Waals surface area contributed by atoms with Gasteiger partial charge in [-0.2, -0.15) is 0 Å². The van der Waals surface area contributed by atoms with Gasteiger partial charge in [-0.05, 0) is 13.3 Å². The molecule has 1 saturated heterocycles. The molecule has 0 aromatic carbocycles. The third kappa shape index (κ3) is 3.31. The van der Waals surface area contributed by atoms with E-state index >= 15 is 0 Å². The maximum absolute atomic E-state index is 11.1. The minimum atomic E-state index is -0.192. The number of hydrogen-bond donors (Lipinski definition) is 3. The molecule has 0 aromatic heterocycles. The van der Waals surface area contributed by atoms with Gasteiger partial charge in [0.1, 0.15) is 0 Å². The Morgan fingerprint density at radius 2 is 2.46 bits per heavy atom. The predicted octanol–water partition coefficient (Wildman–Crippen LogP) is -0.416. The Labute approximate surface area is 77.3 Å². The van der Waals surface area contributed by atoms with E-state index in [1.54, 1.807) is 0 Å². The van der Waals surface area contributed by atoms with Crippen molar-refractivity contribution in [1.82, 2.24) is 16.0 Å². The molecule has 1 unspecified atom stereocenters. The Morgan fingerprint density at radius 1 is 1.69 bits per heavy atom. The van der Waals surface area contributed by atoms with Crippen molar-refractivity contribution in [3.05, 3.63) is 0 Å². The number of piperidine rings is 1. The van der Waals surface area contributed by atoms with E-state index in [1.807, 2.05) is 6.92 Å². The molecule has 1 heterocycles. The highest BCUT2D eigenvalue weighted by Gasteiger charge is 2.19. The second-order valence-corrected chi connectivity index (χ2v) is 3.04. The summed E-state index contributed by atoms with van der Waals surface area (Å²) in [6, 6.07) is -0.206. The fourth-order valence-electron chi connectivity index (χ4n) is 1.30. The normalized spacial score (nSPS) is 21.9. The molecular weight excluding hydrogens is 170 g/mol. The molecule has 1 rings (SSSR count). The SMILES string of the molecule is CCNC(=O)NC1CCNC(=O)C1. The maximum Gasteiger partial charge on any atom is 0.315 e. The Kier molecular flexibility index (Phi) is 3.54. The molecule has 0 radical (unpaired) electrons. The number of nitrogens with one attached hydrogen (secondary N) is 3. The van der Waals surface area contributed by atoms with Crippen LogP contribution in [0.1, 0.15) is 19.8 Å². The van der Waals surface area contributed by atoms with Crippen LogP contribution in [0.25, 0.3) is 0 Å². The molecule has 1 aliphatic rings. The molecule has 0 saturated carbocycles. The average molecular weight is 185 g/mol. The van der Waals surface area contributed by atoms with Crippen molar-refractivity contribution >= 4 is 11.9 Å². The molecule has 5 nitrogen and oxygen atoms in total. The lowest BCUT2D eigenvalue weighted by Crippen LogP contribution is -2.48. The van der Waals surface area contributed by atoms with Gasteiger partial charge in [-0.3, -0.25) is 4.79 Å². The molecule has 0 aromatic rings. The lowest BCUT2D eigenvalue weighted by Gasteiger charge is -2.22. The van der Waals surface area contributed by atoms with Gasteiger partial charge in [-0.1, -0.05) is 0 Å². The summed E-state index contributed by atoms with van der Waals surface area (Å²) in [5, 5.41) is 8.07. The number of carbonyl (C=O) groups is 2. The zero-order chi connectivity index (χ0) is 9.68. The molecule has 1 atom stereocenters. The van der Waals surface area contributed by atoms with E-state index in [0.717, 1.165) is 6.42 Å². The predicted molar refractivity (Wildman–Crippen MR) is 48.2 cm³/mol. The fraction of sp³-hybridized carbons (Fsp3) is 0.750. The number of amides is 3. The first kappa shape index (κ1) is 9.83. The molecule has 5 heteroatoms. The van der Waals surface area contributed by atoms with E-state index in [1.165, 1.54) is 0 Å². The van der Waals surface area contributed by atoms with Crippen LogP contribution in [-0.4, -0.2) is 31.1 Å². The standard InChI is InChI=1S/C8H15N3O2/c1-2-9-8(13)11-6-3-4-10-7(12)5-6/h6H,2-5H2,1H3,(H,10,12)(H2,9,11,13). The summed E-state index contributed by atoms with van der Waals surface area (Å²) >= 11 is 0. The first-order valence-electron chi connectivity index (χ1n) is 4.53. The largest absolute Gasteiger partial charge is 0.356 e. The fourth-order valence-corrected chi connectivity index (χ4v) is 1.30. The molecule has 3 N–H and O–H groups in total. The van der Waals surface area contributed by atoms with Gasteiger partial charge < -0.3 is 16.0 Å². The van der Waals surface area contributed by atoms with Crippen LogP contribution in [-0.2, 0) is 4.79 Å². The van der Waals surface area contributed by atoms with E-state index in [4.69, 9.17) is 0 Å². The van der Waals surface area contributed by atoms with Crippen molar-refractivity contribution in [1.29, 1.82) is 0 Å². The van der Waals surface area contributed by atoms with Crippen molar-refractivity contribution in [2.75, 3.05) is 13.1 Å². The molecule has 1 aliphatic heterocycles. The average Bonchev–Trinajstić information content (AvgIpc) is 2.04. The highest BCUT2D eigenvalue weighted by Crippen LogP contribution is 2.02. The second-order valence-electron chi connectivity index (χ2n) is 3.04. The number of rotatable bonds is 2. The summed E-state index contributed by atoms with van der Waals surface area (Å²) in [6.45, 7) is 3.10. The molecular formula is C8H15N3O2. The van der Waals surface area contributed by atoms with Crippen molar-refractivity contribution < 1.29 is 9.59 Å². The van der Waals surface area contributed by atoms with Crippen LogP contribution < -0.4 is 16.0 Å². The number of carbonyl (C=O) groups excluding carboxylic acids is 2.